The summed E-state index contributed by atoms with van der Waals surface area (Å²) in [6.07, 6.45) is 3.80. The Morgan fingerprint density at radius 1 is 1.40 bits per heavy atom. The Hall–Kier alpha value is -0.0400. The third-order valence-corrected chi connectivity index (χ3v) is 0.931. The van der Waals surface area contributed by atoms with E-state index in [2.05, 4.69) is 0 Å². The van der Waals surface area contributed by atoms with Crippen LogP contribution in [0, 0.1) is 6.10 Å². The molecular weight excluding hydrogens is 64.0 g/mol. The van der Waals surface area contributed by atoms with Crippen LogP contribution in [0.25, 0.3) is 0 Å². The van der Waals surface area contributed by atoms with Gasteiger partial charge in [0.05, 0.1) is 6.10 Å². The lowest BCUT2D eigenvalue weighted by atomic mass is 9.97. The van der Waals surface area contributed by atoms with E-state index in [1.165, 1.54) is 6.42 Å². The highest BCUT2D eigenvalue weighted by molar-refractivity contribution is 4.84. The highest BCUT2D eigenvalue weighted by Gasteiger charge is 2.13. The van der Waals surface area contributed by atoms with Crippen LogP contribution in [0.1, 0.15) is 19.3 Å². The molecule has 1 fully saturated rings. The van der Waals surface area contributed by atoms with Crippen LogP contribution >= 0.6 is 0 Å². The third-order valence-electron chi connectivity index (χ3n) is 0.931. The summed E-state index contributed by atoms with van der Waals surface area (Å²) in [5.41, 5.74) is 0. The standard InChI is InChI=1S/C4H7O/c5-4-2-1-3-4/h5H,1-3H2. The van der Waals surface area contributed by atoms with E-state index < -0.39 is 0 Å². The molecule has 1 N–H and O–H groups in total. The monoisotopic (exact) mass is 71.0 g/mol. The van der Waals surface area contributed by atoms with Gasteiger partial charge in [0, 0.05) is 0 Å². The van der Waals surface area contributed by atoms with Crippen molar-refractivity contribution in [2.24, 2.45) is 0 Å². The van der Waals surface area contributed by atoms with Crippen molar-refractivity contribution in [2.75, 3.05) is 0 Å². The number of hydrogen-bond acceptors (Lipinski definition) is 1. The number of aliphatic hydroxyl groups is 1. The molecule has 1 nitrogen and oxygen atoms in total. The molecule has 0 aliphatic heterocycles. The fourth-order valence-corrected chi connectivity index (χ4v) is 0.335. The Labute approximate surface area is 31.6 Å². The molecule has 0 atom stereocenters. The van der Waals surface area contributed by atoms with E-state index in [-0.39, 0.29) is 0 Å². The molecule has 1 rings (SSSR count). The Bertz CT molecular complexity index is 30.6. The van der Waals surface area contributed by atoms with Gasteiger partial charge in [-0.05, 0) is 19.3 Å². The van der Waals surface area contributed by atoms with Crippen molar-refractivity contribution in [3.63, 3.8) is 0 Å². The van der Waals surface area contributed by atoms with Gasteiger partial charge in [0.1, 0.15) is 0 Å². The summed E-state index contributed by atoms with van der Waals surface area (Å²) in [7, 11) is 0. The van der Waals surface area contributed by atoms with Crippen molar-refractivity contribution in [2.45, 2.75) is 19.3 Å². The van der Waals surface area contributed by atoms with Crippen LogP contribution in [0.4, 0.5) is 0 Å². The van der Waals surface area contributed by atoms with Crippen molar-refractivity contribution in [1.29, 1.82) is 0 Å². The Balaban J connectivity index is 2.08. The molecule has 0 aromatic carbocycles. The normalized spacial score (nSPS) is 25.8. The molecule has 1 radical (unpaired) electrons. The SMILES string of the molecule is O[C]1CCC1. The van der Waals surface area contributed by atoms with Gasteiger partial charge in [-0.1, -0.05) is 0 Å². The van der Waals surface area contributed by atoms with Crippen molar-refractivity contribution in [3.05, 3.63) is 6.10 Å². The van der Waals surface area contributed by atoms with Crippen molar-refractivity contribution < 1.29 is 5.11 Å². The highest BCUT2D eigenvalue weighted by Crippen LogP contribution is 2.24. The van der Waals surface area contributed by atoms with E-state index in [0.29, 0.717) is 6.10 Å². The van der Waals surface area contributed by atoms with E-state index in [0.717, 1.165) is 12.8 Å². The van der Waals surface area contributed by atoms with Crippen molar-refractivity contribution in [1.82, 2.24) is 0 Å². The van der Waals surface area contributed by atoms with Crippen molar-refractivity contribution >= 4 is 0 Å². The first-order chi connectivity index (χ1) is 2.39. The Morgan fingerprint density at radius 2 is 1.80 bits per heavy atom. The molecule has 0 heterocycles. The molecule has 0 saturated heterocycles. The maximum atomic E-state index is 8.36. The topological polar surface area (TPSA) is 20.2 Å². The lowest BCUT2D eigenvalue weighted by Gasteiger charge is -2.16. The first-order valence-corrected chi connectivity index (χ1v) is 1.93. The molecule has 0 spiro atoms. The zero-order valence-corrected chi connectivity index (χ0v) is 3.07. The molecule has 0 bridgehead atoms. The molecule has 1 aliphatic carbocycles. The van der Waals surface area contributed by atoms with E-state index in [1.807, 2.05) is 0 Å². The van der Waals surface area contributed by atoms with Crippen molar-refractivity contribution in [3.8, 4) is 0 Å². The van der Waals surface area contributed by atoms with Gasteiger partial charge >= 0.3 is 0 Å². The Morgan fingerprint density at radius 3 is 1.80 bits per heavy atom. The summed E-state index contributed by atoms with van der Waals surface area (Å²) in [5, 5.41) is 8.36. The largest absolute Gasteiger partial charge is 0.387 e. The van der Waals surface area contributed by atoms with Gasteiger partial charge in [0.15, 0.2) is 0 Å². The maximum absolute atomic E-state index is 8.36. The predicted molar refractivity (Wildman–Crippen MR) is 19.0 cm³/mol. The summed E-state index contributed by atoms with van der Waals surface area (Å²) in [6.45, 7) is 0. The minimum Gasteiger partial charge on any atom is -0.387 e. The minimum atomic E-state index is 0.685. The second kappa shape index (κ2) is 0.977. The molecule has 1 saturated carbocycles. The summed E-state index contributed by atoms with van der Waals surface area (Å²) in [4.78, 5) is 0. The first kappa shape index (κ1) is 3.16. The zero-order chi connectivity index (χ0) is 3.70. The zero-order valence-electron chi connectivity index (χ0n) is 3.07. The molecule has 0 aromatic rings. The van der Waals surface area contributed by atoms with Crippen LogP contribution in [0.2, 0.25) is 0 Å². The van der Waals surface area contributed by atoms with E-state index in [1.54, 1.807) is 0 Å². The quantitative estimate of drug-likeness (QED) is 0.453. The number of hydrogen-bond donors (Lipinski definition) is 1. The van der Waals surface area contributed by atoms with E-state index in [9.17, 15) is 0 Å². The van der Waals surface area contributed by atoms with Gasteiger partial charge in [-0.3, -0.25) is 0 Å². The fraction of sp³-hybridized carbons (Fsp3) is 0.750. The summed E-state index contributed by atoms with van der Waals surface area (Å²) < 4.78 is 0. The molecule has 5 heavy (non-hydrogen) atoms. The lowest BCUT2D eigenvalue weighted by molar-refractivity contribution is 0.210. The van der Waals surface area contributed by atoms with Crippen LogP contribution < -0.4 is 0 Å². The molecule has 29 valence electrons. The highest BCUT2D eigenvalue weighted by atomic mass is 16.3. The lowest BCUT2D eigenvalue weighted by Crippen LogP contribution is -2.05. The number of rotatable bonds is 0. The van der Waals surface area contributed by atoms with Crippen LogP contribution in [0.15, 0.2) is 0 Å². The van der Waals surface area contributed by atoms with Crippen LogP contribution in [-0.2, 0) is 0 Å². The third kappa shape index (κ3) is 0.428. The average Bonchev–Trinajstić information content (AvgIpc) is 1.30. The van der Waals surface area contributed by atoms with Gasteiger partial charge < -0.3 is 5.11 Å². The smallest absolute Gasteiger partial charge is 0.0933 e. The molecule has 0 aromatic heterocycles. The van der Waals surface area contributed by atoms with Gasteiger partial charge in [-0.25, -0.2) is 0 Å². The average molecular weight is 71.1 g/mol. The maximum Gasteiger partial charge on any atom is 0.0933 e. The molecule has 1 aliphatic rings. The minimum absolute atomic E-state index is 0.685. The summed E-state index contributed by atoms with van der Waals surface area (Å²) >= 11 is 0. The van der Waals surface area contributed by atoms with Crippen LogP contribution in [-0.4, -0.2) is 5.11 Å². The molecule has 0 unspecified atom stereocenters. The second-order valence-corrected chi connectivity index (χ2v) is 1.42. The Kier molecular flexibility index (Phi) is 0.618. The molecular formula is C4H7O. The van der Waals surface area contributed by atoms with Gasteiger partial charge in [0.25, 0.3) is 0 Å². The van der Waals surface area contributed by atoms with Gasteiger partial charge in [0.2, 0.25) is 0 Å². The van der Waals surface area contributed by atoms with Gasteiger partial charge in [-0.2, -0.15) is 0 Å². The fourth-order valence-electron chi connectivity index (χ4n) is 0.335. The van der Waals surface area contributed by atoms with E-state index >= 15 is 0 Å². The van der Waals surface area contributed by atoms with E-state index in [4.69, 9.17) is 5.11 Å². The molecule has 0 amide bonds. The second-order valence-electron chi connectivity index (χ2n) is 1.42. The first-order valence-electron chi connectivity index (χ1n) is 1.93. The summed E-state index contributed by atoms with van der Waals surface area (Å²) in [5.74, 6) is 0. The van der Waals surface area contributed by atoms with Crippen LogP contribution in [0.5, 0.6) is 0 Å². The molecule has 1 heteroatoms. The number of aliphatic hydroxyl groups excluding tert-OH is 1. The summed E-state index contributed by atoms with van der Waals surface area (Å²) in [6, 6.07) is 0. The van der Waals surface area contributed by atoms with Crippen LogP contribution in [0.3, 0.4) is 0 Å². The van der Waals surface area contributed by atoms with Gasteiger partial charge in [-0.15, -0.1) is 0 Å². The predicted octanol–water partition coefficient (Wildman–Crippen LogP) is 1.07.